The standard InChI is InChI=1S/C11H11FN6/c12-8-1-2-9-10(7-8)18(11(13)15-9)6-5-17-4-3-14-16-17/h1-4,7H,5-6H2,(H2,13,15). The second-order valence-electron chi connectivity index (χ2n) is 3.92. The Morgan fingerprint density at radius 2 is 2.17 bits per heavy atom. The lowest BCUT2D eigenvalue weighted by atomic mass is 10.3. The highest BCUT2D eigenvalue weighted by Gasteiger charge is 2.08. The summed E-state index contributed by atoms with van der Waals surface area (Å²) in [5.74, 6) is 0.0696. The Labute approximate surface area is 102 Å². The first-order chi connectivity index (χ1) is 8.74. The third kappa shape index (κ3) is 1.79. The fraction of sp³-hybridized carbons (Fsp3) is 0.182. The van der Waals surface area contributed by atoms with Crippen molar-refractivity contribution in [2.75, 3.05) is 5.73 Å². The summed E-state index contributed by atoms with van der Waals surface area (Å²) in [6.45, 7) is 1.17. The van der Waals surface area contributed by atoms with E-state index in [1.165, 1.54) is 12.1 Å². The molecule has 7 heteroatoms. The van der Waals surface area contributed by atoms with Gasteiger partial charge in [-0.1, -0.05) is 5.21 Å². The van der Waals surface area contributed by atoms with E-state index < -0.39 is 0 Å². The van der Waals surface area contributed by atoms with Crippen molar-refractivity contribution < 1.29 is 4.39 Å². The van der Waals surface area contributed by atoms with Crippen molar-refractivity contribution in [3.63, 3.8) is 0 Å². The van der Waals surface area contributed by atoms with Gasteiger partial charge in [0.15, 0.2) is 0 Å². The molecule has 0 fully saturated rings. The molecule has 0 aliphatic heterocycles. The predicted molar refractivity (Wildman–Crippen MR) is 64.1 cm³/mol. The van der Waals surface area contributed by atoms with Gasteiger partial charge in [-0.05, 0) is 18.2 Å². The number of hydrogen-bond acceptors (Lipinski definition) is 4. The van der Waals surface area contributed by atoms with Crippen LogP contribution in [0, 0.1) is 5.82 Å². The van der Waals surface area contributed by atoms with Gasteiger partial charge in [0.1, 0.15) is 5.82 Å². The van der Waals surface area contributed by atoms with Gasteiger partial charge in [-0.2, -0.15) is 0 Å². The van der Waals surface area contributed by atoms with Gasteiger partial charge in [0.05, 0.1) is 23.8 Å². The summed E-state index contributed by atoms with van der Waals surface area (Å²) in [6.07, 6.45) is 3.37. The van der Waals surface area contributed by atoms with E-state index in [0.29, 0.717) is 30.1 Å². The molecule has 18 heavy (non-hydrogen) atoms. The molecule has 0 atom stereocenters. The number of halogens is 1. The lowest BCUT2D eigenvalue weighted by Crippen LogP contribution is -2.10. The molecule has 3 aromatic rings. The van der Waals surface area contributed by atoms with Crippen LogP contribution in [0.15, 0.2) is 30.6 Å². The molecule has 6 nitrogen and oxygen atoms in total. The summed E-state index contributed by atoms with van der Waals surface area (Å²) in [4.78, 5) is 4.18. The number of benzene rings is 1. The van der Waals surface area contributed by atoms with Gasteiger partial charge >= 0.3 is 0 Å². The number of nitrogens with two attached hydrogens (primary N) is 1. The lowest BCUT2D eigenvalue weighted by Gasteiger charge is -2.06. The Morgan fingerprint density at radius 3 is 2.94 bits per heavy atom. The molecule has 1 aromatic carbocycles. The molecule has 0 aliphatic carbocycles. The molecule has 92 valence electrons. The van der Waals surface area contributed by atoms with Crippen molar-refractivity contribution in [3.8, 4) is 0 Å². The minimum Gasteiger partial charge on any atom is -0.369 e. The second kappa shape index (κ2) is 4.10. The van der Waals surface area contributed by atoms with Crippen LogP contribution in [-0.4, -0.2) is 24.5 Å². The van der Waals surface area contributed by atoms with Crippen LogP contribution in [0.1, 0.15) is 0 Å². The average molecular weight is 246 g/mol. The van der Waals surface area contributed by atoms with Gasteiger partial charge in [-0.25, -0.2) is 9.37 Å². The smallest absolute Gasteiger partial charge is 0.201 e. The molecule has 3 rings (SSSR count). The Bertz CT molecular complexity index is 672. The van der Waals surface area contributed by atoms with E-state index in [-0.39, 0.29) is 5.82 Å². The Morgan fingerprint density at radius 1 is 1.28 bits per heavy atom. The quantitative estimate of drug-likeness (QED) is 0.749. The van der Waals surface area contributed by atoms with E-state index in [0.717, 1.165) is 0 Å². The first-order valence-corrected chi connectivity index (χ1v) is 5.49. The Hall–Kier alpha value is -2.44. The number of rotatable bonds is 3. The van der Waals surface area contributed by atoms with Gasteiger partial charge in [0.25, 0.3) is 0 Å². The Kier molecular flexibility index (Phi) is 2.44. The highest BCUT2D eigenvalue weighted by atomic mass is 19.1. The number of aryl methyl sites for hydroxylation is 2. The molecule has 0 radical (unpaired) electrons. The molecule has 0 spiro atoms. The maximum absolute atomic E-state index is 13.2. The molecule has 0 saturated heterocycles. The van der Waals surface area contributed by atoms with Crippen LogP contribution in [0.25, 0.3) is 11.0 Å². The van der Waals surface area contributed by atoms with Crippen molar-refractivity contribution in [1.29, 1.82) is 0 Å². The largest absolute Gasteiger partial charge is 0.369 e. The van der Waals surface area contributed by atoms with Crippen LogP contribution < -0.4 is 5.73 Å². The molecule has 2 N–H and O–H groups in total. The first-order valence-electron chi connectivity index (χ1n) is 5.49. The van der Waals surface area contributed by atoms with Crippen LogP contribution in [0.2, 0.25) is 0 Å². The van der Waals surface area contributed by atoms with Gasteiger partial charge in [0.2, 0.25) is 5.95 Å². The van der Waals surface area contributed by atoms with Gasteiger partial charge in [-0.15, -0.1) is 5.10 Å². The van der Waals surface area contributed by atoms with Crippen molar-refractivity contribution in [2.45, 2.75) is 13.1 Å². The molecular weight excluding hydrogens is 235 g/mol. The van der Waals surface area contributed by atoms with E-state index in [4.69, 9.17) is 5.73 Å². The zero-order chi connectivity index (χ0) is 12.5. The number of hydrogen-bond donors (Lipinski definition) is 1. The normalized spacial score (nSPS) is 11.2. The summed E-state index contributed by atoms with van der Waals surface area (Å²) < 4.78 is 16.7. The van der Waals surface area contributed by atoms with Gasteiger partial charge in [-0.3, -0.25) is 4.68 Å². The van der Waals surface area contributed by atoms with Crippen LogP contribution in [0.3, 0.4) is 0 Å². The van der Waals surface area contributed by atoms with E-state index in [9.17, 15) is 4.39 Å². The van der Waals surface area contributed by atoms with Gasteiger partial charge in [0, 0.05) is 12.7 Å². The van der Waals surface area contributed by atoms with E-state index in [2.05, 4.69) is 15.3 Å². The highest BCUT2D eigenvalue weighted by Crippen LogP contribution is 2.18. The summed E-state index contributed by atoms with van der Waals surface area (Å²) >= 11 is 0. The summed E-state index contributed by atoms with van der Waals surface area (Å²) in [7, 11) is 0. The summed E-state index contributed by atoms with van der Waals surface area (Å²) in [5, 5.41) is 7.58. The van der Waals surface area contributed by atoms with Crippen LogP contribution in [-0.2, 0) is 13.1 Å². The summed E-state index contributed by atoms with van der Waals surface area (Å²) in [6, 6.07) is 4.42. The molecule has 0 unspecified atom stereocenters. The predicted octanol–water partition coefficient (Wildman–Crippen LogP) is 1.05. The molecule has 2 heterocycles. The van der Waals surface area contributed by atoms with Crippen molar-refractivity contribution in [1.82, 2.24) is 24.5 Å². The number of fused-ring (bicyclic) bond motifs is 1. The number of nitrogen functional groups attached to an aromatic ring is 1. The maximum Gasteiger partial charge on any atom is 0.201 e. The lowest BCUT2D eigenvalue weighted by molar-refractivity contribution is 0.528. The van der Waals surface area contributed by atoms with Crippen LogP contribution >= 0.6 is 0 Å². The van der Waals surface area contributed by atoms with Crippen molar-refractivity contribution in [2.24, 2.45) is 0 Å². The molecular formula is C11H11FN6. The number of imidazole rings is 1. The van der Waals surface area contributed by atoms with Crippen molar-refractivity contribution in [3.05, 3.63) is 36.4 Å². The van der Waals surface area contributed by atoms with Gasteiger partial charge < -0.3 is 10.3 Å². The van der Waals surface area contributed by atoms with E-state index in [1.54, 1.807) is 27.7 Å². The summed E-state index contributed by atoms with van der Waals surface area (Å²) in [5.41, 5.74) is 7.20. The number of aromatic nitrogens is 5. The zero-order valence-corrected chi connectivity index (χ0v) is 9.49. The monoisotopic (exact) mass is 246 g/mol. The molecule has 0 amide bonds. The van der Waals surface area contributed by atoms with E-state index >= 15 is 0 Å². The minimum absolute atomic E-state index is 0.301. The average Bonchev–Trinajstić information content (AvgIpc) is 2.94. The SMILES string of the molecule is Nc1nc2ccc(F)cc2n1CCn1ccnn1. The maximum atomic E-state index is 13.2. The molecule has 2 aromatic heterocycles. The third-order valence-corrected chi connectivity index (χ3v) is 2.76. The second-order valence-corrected chi connectivity index (χ2v) is 3.92. The Balaban J connectivity index is 1.95. The number of anilines is 1. The minimum atomic E-state index is -0.301. The number of nitrogens with zero attached hydrogens (tertiary/aromatic N) is 5. The fourth-order valence-electron chi connectivity index (χ4n) is 1.90. The zero-order valence-electron chi connectivity index (χ0n) is 9.49. The molecule has 0 bridgehead atoms. The van der Waals surface area contributed by atoms with Crippen LogP contribution in [0.5, 0.6) is 0 Å². The van der Waals surface area contributed by atoms with Crippen molar-refractivity contribution >= 4 is 17.0 Å². The van der Waals surface area contributed by atoms with E-state index in [1.807, 2.05) is 0 Å². The fourth-order valence-corrected chi connectivity index (χ4v) is 1.90. The highest BCUT2D eigenvalue weighted by molar-refractivity contribution is 5.78. The molecule has 0 saturated carbocycles. The first kappa shape index (κ1) is 10.7. The topological polar surface area (TPSA) is 74.5 Å². The third-order valence-electron chi connectivity index (χ3n) is 2.76. The molecule has 0 aliphatic rings. The van der Waals surface area contributed by atoms with Crippen LogP contribution in [0.4, 0.5) is 10.3 Å².